The van der Waals surface area contributed by atoms with Gasteiger partial charge in [0.15, 0.2) is 0 Å². The van der Waals surface area contributed by atoms with Gasteiger partial charge in [-0.15, -0.1) is 0 Å². The Labute approximate surface area is 83.0 Å². The van der Waals surface area contributed by atoms with Crippen molar-refractivity contribution >= 4 is 0 Å². The third-order valence-corrected chi connectivity index (χ3v) is 2.39. The fraction of sp³-hybridized carbons (Fsp3) is 0.400. The van der Waals surface area contributed by atoms with E-state index < -0.39 is 0 Å². The molecule has 4 heteroatoms. The largest absolute Gasteiger partial charge is 0.325 e. The van der Waals surface area contributed by atoms with Crippen molar-refractivity contribution in [1.29, 1.82) is 5.26 Å². The summed E-state index contributed by atoms with van der Waals surface area (Å²) in [5, 5.41) is 9.03. The third kappa shape index (κ3) is 1.60. The molecule has 0 amide bonds. The second-order valence-corrected chi connectivity index (χ2v) is 3.50. The minimum atomic E-state index is -0.240. The van der Waals surface area contributed by atoms with Crippen LogP contribution in [0.2, 0.25) is 0 Å². The summed E-state index contributed by atoms with van der Waals surface area (Å²) in [5.41, 5.74) is 6.48. The second-order valence-electron chi connectivity index (χ2n) is 3.50. The molecule has 1 atom stereocenters. The molecule has 0 aliphatic carbocycles. The van der Waals surface area contributed by atoms with Crippen LogP contribution >= 0.6 is 0 Å². The minimum Gasteiger partial charge on any atom is -0.325 e. The van der Waals surface area contributed by atoms with E-state index in [-0.39, 0.29) is 12.1 Å². The van der Waals surface area contributed by atoms with E-state index in [0.717, 1.165) is 18.8 Å². The lowest BCUT2D eigenvalue weighted by Gasteiger charge is -2.39. The highest BCUT2D eigenvalue weighted by Gasteiger charge is 2.31. The zero-order valence-corrected chi connectivity index (χ0v) is 7.80. The molecule has 1 aliphatic heterocycles. The Balaban J connectivity index is 2.12. The normalized spacial score (nSPS) is 19.7. The van der Waals surface area contributed by atoms with Gasteiger partial charge in [-0.2, -0.15) is 5.26 Å². The Morgan fingerprint density at radius 3 is 2.86 bits per heavy atom. The molecule has 0 aromatic carbocycles. The molecule has 1 saturated heterocycles. The zero-order chi connectivity index (χ0) is 9.97. The monoisotopic (exact) mass is 188 g/mol. The van der Waals surface area contributed by atoms with Gasteiger partial charge >= 0.3 is 0 Å². The lowest BCUT2D eigenvalue weighted by Crippen LogP contribution is -2.56. The van der Waals surface area contributed by atoms with E-state index in [1.807, 2.05) is 23.1 Å². The molecule has 1 aliphatic rings. The number of likely N-dealkylation sites (tertiary alicyclic amines) is 1. The van der Waals surface area contributed by atoms with Gasteiger partial charge in [0.05, 0.1) is 11.8 Å². The van der Waals surface area contributed by atoms with Gasteiger partial charge in [-0.05, 0) is 12.1 Å². The predicted octanol–water partition coefficient (Wildman–Crippen LogP) is 0.289. The van der Waals surface area contributed by atoms with Gasteiger partial charge in [0.2, 0.25) is 0 Å². The van der Waals surface area contributed by atoms with Gasteiger partial charge in [-0.25, -0.2) is 0 Å². The maximum absolute atomic E-state index is 9.03. The van der Waals surface area contributed by atoms with Crippen molar-refractivity contribution in [3.63, 3.8) is 0 Å². The molecule has 0 saturated carbocycles. The van der Waals surface area contributed by atoms with E-state index >= 15 is 0 Å². The summed E-state index contributed by atoms with van der Waals surface area (Å²) in [4.78, 5) is 6.21. The average molecular weight is 188 g/mol. The summed E-state index contributed by atoms with van der Waals surface area (Å²) < 4.78 is 0. The topological polar surface area (TPSA) is 65.9 Å². The van der Waals surface area contributed by atoms with E-state index in [1.54, 1.807) is 6.20 Å². The smallest absolute Gasteiger partial charge is 0.141 e. The quantitative estimate of drug-likeness (QED) is 0.724. The number of nitrogens with two attached hydrogens (primary N) is 1. The summed E-state index contributed by atoms with van der Waals surface area (Å²) in [7, 11) is 0. The Morgan fingerprint density at radius 1 is 1.57 bits per heavy atom. The number of pyridine rings is 1. The van der Waals surface area contributed by atoms with Gasteiger partial charge in [0.25, 0.3) is 0 Å². The molecule has 1 fully saturated rings. The Morgan fingerprint density at radius 2 is 2.36 bits per heavy atom. The number of nitriles is 1. The fourth-order valence-corrected chi connectivity index (χ4v) is 1.63. The minimum absolute atomic E-state index is 0.217. The molecule has 2 heterocycles. The van der Waals surface area contributed by atoms with Crippen LogP contribution in [0.3, 0.4) is 0 Å². The van der Waals surface area contributed by atoms with Crippen LogP contribution in [-0.2, 0) is 0 Å². The molecule has 14 heavy (non-hydrogen) atoms. The Bertz CT molecular complexity index is 337. The zero-order valence-electron chi connectivity index (χ0n) is 7.80. The second kappa shape index (κ2) is 3.74. The van der Waals surface area contributed by atoms with Crippen LogP contribution in [0.15, 0.2) is 24.4 Å². The molecule has 1 aromatic rings. The first-order chi connectivity index (χ1) is 6.81. The van der Waals surface area contributed by atoms with Crippen LogP contribution in [0.4, 0.5) is 0 Å². The molecule has 0 spiro atoms. The molecule has 0 radical (unpaired) electrons. The molecule has 2 rings (SSSR count). The van der Waals surface area contributed by atoms with Crippen LogP contribution in [-0.4, -0.2) is 29.0 Å². The van der Waals surface area contributed by atoms with E-state index in [2.05, 4.69) is 11.1 Å². The Hall–Kier alpha value is -1.44. The first-order valence-electron chi connectivity index (χ1n) is 4.61. The number of rotatable bonds is 2. The van der Waals surface area contributed by atoms with Gasteiger partial charge in [-0.1, -0.05) is 6.07 Å². The highest BCUT2D eigenvalue weighted by molar-refractivity contribution is 5.17. The fourth-order valence-electron chi connectivity index (χ4n) is 1.63. The summed E-state index contributed by atoms with van der Waals surface area (Å²) in [6.45, 7) is 1.57. The van der Waals surface area contributed by atoms with Gasteiger partial charge in [0.1, 0.15) is 6.04 Å². The maximum Gasteiger partial charge on any atom is 0.141 e. The summed E-state index contributed by atoms with van der Waals surface area (Å²) in [6.07, 6.45) is 1.71. The molecular weight excluding hydrogens is 176 g/mol. The van der Waals surface area contributed by atoms with Crippen LogP contribution in [0.25, 0.3) is 0 Å². The van der Waals surface area contributed by atoms with Crippen LogP contribution in [0.1, 0.15) is 11.7 Å². The summed E-state index contributed by atoms with van der Waals surface area (Å²) in [6, 6.07) is 7.84. The van der Waals surface area contributed by atoms with E-state index in [9.17, 15) is 0 Å². The Kier molecular flexibility index (Phi) is 2.44. The highest BCUT2D eigenvalue weighted by atomic mass is 15.2. The third-order valence-electron chi connectivity index (χ3n) is 2.39. The van der Waals surface area contributed by atoms with Crippen molar-refractivity contribution in [2.45, 2.75) is 12.1 Å². The van der Waals surface area contributed by atoms with Gasteiger partial charge in [0, 0.05) is 25.3 Å². The van der Waals surface area contributed by atoms with Crippen molar-refractivity contribution in [3.05, 3.63) is 30.1 Å². The lowest BCUT2D eigenvalue weighted by molar-refractivity contribution is 0.119. The van der Waals surface area contributed by atoms with E-state index in [4.69, 9.17) is 11.0 Å². The average Bonchev–Trinajstić information content (AvgIpc) is 2.18. The van der Waals surface area contributed by atoms with Crippen LogP contribution < -0.4 is 5.73 Å². The number of hydrogen-bond donors (Lipinski definition) is 1. The molecule has 4 nitrogen and oxygen atoms in total. The first-order valence-corrected chi connectivity index (χ1v) is 4.61. The van der Waals surface area contributed by atoms with Gasteiger partial charge in [-0.3, -0.25) is 9.88 Å². The standard InChI is InChI=1S/C10H12N4/c11-5-10(14-6-8(12)7-14)9-3-1-2-4-13-9/h1-4,8,10H,6-7,12H2/t10-/m0/s1. The van der Waals surface area contributed by atoms with Gasteiger partial charge < -0.3 is 5.73 Å². The lowest BCUT2D eigenvalue weighted by atomic mass is 10.0. The summed E-state index contributed by atoms with van der Waals surface area (Å²) in [5.74, 6) is 0. The van der Waals surface area contributed by atoms with Crippen molar-refractivity contribution in [3.8, 4) is 6.07 Å². The number of aromatic nitrogens is 1. The number of hydrogen-bond acceptors (Lipinski definition) is 4. The van der Waals surface area contributed by atoms with Crippen LogP contribution in [0.5, 0.6) is 0 Å². The van der Waals surface area contributed by atoms with E-state index in [1.165, 1.54) is 0 Å². The summed E-state index contributed by atoms with van der Waals surface area (Å²) >= 11 is 0. The van der Waals surface area contributed by atoms with Crippen molar-refractivity contribution in [2.24, 2.45) is 5.73 Å². The maximum atomic E-state index is 9.03. The van der Waals surface area contributed by atoms with Crippen molar-refractivity contribution in [2.75, 3.05) is 13.1 Å². The molecule has 1 aromatic heterocycles. The van der Waals surface area contributed by atoms with Crippen LogP contribution in [0, 0.1) is 11.3 Å². The molecule has 0 bridgehead atoms. The SMILES string of the molecule is N#C[C@@H](c1ccccn1)N1CC(N)C1. The molecule has 72 valence electrons. The predicted molar refractivity (Wildman–Crippen MR) is 52.1 cm³/mol. The number of nitrogens with zero attached hydrogens (tertiary/aromatic N) is 3. The first kappa shape index (κ1) is 9.13. The highest BCUT2D eigenvalue weighted by Crippen LogP contribution is 2.22. The van der Waals surface area contributed by atoms with Crippen molar-refractivity contribution in [1.82, 2.24) is 9.88 Å². The van der Waals surface area contributed by atoms with E-state index in [0.29, 0.717) is 0 Å². The molecule has 2 N–H and O–H groups in total. The molecule has 0 unspecified atom stereocenters. The molecular formula is C10H12N4. The van der Waals surface area contributed by atoms with Crippen molar-refractivity contribution < 1.29 is 0 Å².